The predicted molar refractivity (Wildman–Crippen MR) is 38.8 cm³/mol. The van der Waals surface area contributed by atoms with Crippen molar-refractivity contribution in [2.75, 3.05) is 0 Å². The maximum Gasteiger partial charge on any atom is 0.0669 e. The average Bonchev–Trinajstić information content (AvgIpc) is 1.99. The Hall–Kier alpha value is -1.02. The van der Waals surface area contributed by atoms with E-state index < -0.39 is 0 Å². The highest BCUT2D eigenvalue weighted by molar-refractivity contribution is 4.95. The van der Waals surface area contributed by atoms with Crippen molar-refractivity contribution in [1.82, 2.24) is 0 Å². The molecule has 0 fully saturated rings. The van der Waals surface area contributed by atoms with Crippen molar-refractivity contribution in [3.05, 3.63) is 0 Å². The van der Waals surface area contributed by atoms with Crippen molar-refractivity contribution in [2.24, 2.45) is 11.8 Å². The molecule has 0 aromatic carbocycles. The summed E-state index contributed by atoms with van der Waals surface area (Å²) in [6.07, 6.45) is 1.81. The van der Waals surface area contributed by atoms with Gasteiger partial charge in [0.15, 0.2) is 0 Å². The Bertz CT molecular complexity index is 161. The van der Waals surface area contributed by atoms with Gasteiger partial charge in [-0.2, -0.15) is 10.5 Å². The molecule has 10 heavy (non-hydrogen) atoms. The first-order chi connectivity index (χ1) is 4.76. The van der Waals surface area contributed by atoms with Crippen LogP contribution in [0.25, 0.3) is 0 Å². The van der Waals surface area contributed by atoms with Crippen LogP contribution < -0.4 is 0 Å². The van der Waals surface area contributed by atoms with E-state index in [-0.39, 0.29) is 11.8 Å². The number of nitriles is 2. The summed E-state index contributed by atoms with van der Waals surface area (Å²) >= 11 is 0. The molecule has 2 unspecified atom stereocenters. The third-order valence-corrected chi connectivity index (χ3v) is 1.57. The van der Waals surface area contributed by atoms with Gasteiger partial charge in [0.25, 0.3) is 0 Å². The van der Waals surface area contributed by atoms with Crippen LogP contribution in [0.4, 0.5) is 0 Å². The van der Waals surface area contributed by atoms with E-state index in [0.717, 1.165) is 12.8 Å². The van der Waals surface area contributed by atoms with Gasteiger partial charge >= 0.3 is 0 Å². The van der Waals surface area contributed by atoms with Crippen LogP contribution in [-0.2, 0) is 0 Å². The van der Waals surface area contributed by atoms with E-state index in [1.807, 2.05) is 6.92 Å². The lowest BCUT2D eigenvalue weighted by molar-refractivity contribution is 0.490. The molecule has 0 aliphatic rings. The second-order valence-corrected chi connectivity index (χ2v) is 2.44. The summed E-state index contributed by atoms with van der Waals surface area (Å²) in [5, 5.41) is 17.0. The second kappa shape index (κ2) is 4.82. The normalized spacial score (nSPS) is 14.8. The number of rotatable bonds is 3. The third kappa shape index (κ3) is 2.51. The fourth-order valence-corrected chi connectivity index (χ4v) is 0.827. The summed E-state index contributed by atoms with van der Waals surface area (Å²) in [4.78, 5) is 0. The molecule has 0 amide bonds. The van der Waals surface area contributed by atoms with Crippen molar-refractivity contribution < 1.29 is 0 Å². The number of nitrogens with zero attached hydrogens (tertiary/aromatic N) is 2. The zero-order chi connectivity index (χ0) is 7.98. The Labute approximate surface area is 62.1 Å². The number of hydrogen-bond donors (Lipinski definition) is 0. The molecular weight excluding hydrogens is 124 g/mol. The van der Waals surface area contributed by atoms with Gasteiger partial charge in [-0.05, 0) is 13.3 Å². The molecule has 2 atom stereocenters. The predicted octanol–water partition coefficient (Wildman–Crippen LogP) is 2.09. The lowest BCUT2D eigenvalue weighted by atomic mass is 9.93. The van der Waals surface area contributed by atoms with Crippen molar-refractivity contribution in [2.45, 2.75) is 26.7 Å². The molecule has 0 aromatic rings. The smallest absolute Gasteiger partial charge is 0.0669 e. The maximum atomic E-state index is 8.56. The van der Waals surface area contributed by atoms with Gasteiger partial charge in [-0.15, -0.1) is 0 Å². The van der Waals surface area contributed by atoms with Gasteiger partial charge in [-0.1, -0.05) is 13.3 Å². The lowest BCUT2D eigenvalue weighted by Gasteiger charge is -2.07. The van der Waals surface area contributed by atoms with Gasteiger partial charge < -0.3 is 0 Å². The highest BCUT2D eigenvalue weighted by atomic mass is 14.3. The Balaban J connectivity index is 3.86. The van der Waals surface area contributed by atoms with Gasteiger partial charge in [-0.3, -0.25) is 0 Å². The maximum absolute atomic E-state index is 8.56. The Kier molecular flexibility index (Phi) is 4.33. The van der Waals surface area contributed by atoms with Crippen LogP contribution in [0.2, 0.25) is 0 Å². The fourth-order valence-electron chi connectivity index (χ4n) is 0.827. The van der Waals surface area contributed by atoms with Crippen LogP contribution in [0.5, 0.6) is 0 Å². The summed E-state index contributed by atoms with van der Waals surface area (Å²) in [6, 6.07) is 4.21. The molecule has 0 aromatic heterocycles. The Morgan fingerprint density at radius 2 is 1.90 bits per heavy atom. The van der Waals surface area contributed by atoms with Crippen LogP contribution in [-0.4, -0.2) is 0 Å². The second-order valence-electron chi connectivity index (χ2n) is 2.44. The van der Waals surface area contributed by atoms with E-state index in [1.54, 1.807) is 6.92 Å². The fraction of sp³-hybridized carbons (Fsp3) is 0.750. The number of hydrogen-bond acceptors (Lipinski definition) is 2. The molecule has 0 N–H and O–H groups in total. The zero-order valence-corrected chi connectivity index (χ0v) is 6.46. The summed E-state index contributed by atoms with van der Waals surface area (Å²) in [5.74, 6) is -0.194. The van der Waals surface area contributed by atoms with Gasteiger partial charge in [-0.25, -0.2) is 0 Å². The van der Waals surface area contributed by atoms with Crippen LogP contribution in [0.1, 0.15) is 26.7 Å². The summed E-state index contributed by atoms with van der Waals surface area (Å²) in [7, 11) is 0. The minimum atomic E-state index is -0.120. The summed E-state index contributed by atoms with van der Waals surface area (Å²) in [6.45, 7) is 3.82. The minimum Gasteiger partial charge on any atom is -0.198 e. The molecule has 0 saturated heterocycles. The Morgan fingerprint density at radius 3 is 2.20 bits per heavy atom. The van der Waals surface area contributed by atoms with Crippen molar-refractivity contribution in [3.63, 3.8) is 0 Å². The van der Waals surface area contributed by atoms with Gasteiger partial charge in [0, 0.05) is 0 Å². The van der Waals surface area contributed by atoms with Gasteiger partial charge in [0.05, 0.1) is 24.0 Å². The van der Waals surface area contributed by atoms with E-state index >= 15 is 0 Å². The van der Waals surface area contributed by atoms with E-state index in [4.69, 9.17) is 10.5 Å². The molecular formula is C8H12N2. The average molecular weight is 136 g/mol. The molecule has 0 aliphatic carbocycles. The molecule has 0 aliphatic heterocycles. The SMILES string of the molecule is CCCC(C#N)C(C)C#N. The molecule has 2 nitrogen and oxygen atoms in total. The topological polar surface area (TPSA) is 47.6 Å². The van der Waals surface area contributed by atoms with Crippen molar-refractivity contribution >= 4 is 0 Å². The third-order valence-electron chi connectivity index (χ3n) is 1.57. The van der Waals surface area contributed by atoms with Crippen molar-refractivity contribution in [3.8, 4) is 12.1 Å². The molecule has 0 radical (unpaired) electrons. The minimum absolute atomic E-state index is 0.0741. The van der Waals surface area contributed by atoms with Crippen molar-refractivity contribution in [1.29, 1.82) is 10.5 Å². The molecule has 0 saturated carbocycles. The molecule has 2 heteroatoms. The van der Waals surface area contributed by atoms with Gasteiger partial charge in [0.1, 0.15) is 0 Å². The first-order valence-corrected chi connectivity index (χ1v) is 3.55. The van der Waals surface area contributed by atoms with E-state index in [0.29, 0.717) is 0 Å². The van der Waals surface area contributed by atoms with E-state index in [1.165, 1.54) is 0 Å². The van der Waals surface area contributed by atoms with E-state index in [9.17, 15) is 0 Å². The van der Waals surface area contributed by atoms with Crippen LogP contribution in [0, 0.1) is 34.5 Å². The summed E-state index contributed by atoms with van der Waals surface area (Å²) < 4.78 is 0. The zero-order valence-electron chi connectivity index (χ0n) is 6.46. The van der Waals surface area contributed by atoms with Crippen LogP contribution >= 0.6 is 0 Å². The van der Waals surface area contributed by atoms with Crippen LogP contribution in [0.15, 0.2) is 0 Å². The van der Waals surface area contributed by atoms with E-state index in [2.05, 4.69) is 12.1 Å². The molecule has 0 rings (SSSR count). The molecule has 0 spiro atoms. The molecule has 0 bridgehead atoms. The molecule has 54 valence electrons. The first-order valence-electron chi connectivity index (χ1n) is 3.55. The highest BCUT2D eigenvalue weighted by Gasteiger charge is 2.13. The standard InChI is InChI=1S/C8H12N2/c1-3-4-8(6-10)7(2)5-9/h7-8H,3-4H2,1-2H3. The highest BCUT2D eigenvalue weighted by Crippen LogP contribution is 2.14. The molecule has 0 heterocycles. The van der Waals surface area contributed by atoms with Crippen LogP contribution in [0.3, 0.4) is 0 Å². The van der Waals surface area contributed by atoms with Gasteiger partial charge in [0.2, 0.25) is 0 Å². The summed E-state index contributed by atoms with van der Waals surface area (Å²) in [5.41, 5.74) is 0. The largest absolute Gasteiger partial charge is 0.198 e. The Morgan fingerprint density at radius 1 is 1.30 bits per heavy atom. The lowest BCUT2D eigenvalue weighted by Crippen LogP contribution is -2.06. The quantitative estimate of drug-likeness (QED) is 0.596. The first kappa shape index (κ1) is 8.98. The monoisotopic (exact) mass is 136 g/mol.